The topological polar surface area (TPSA) is 32.3 Å². The maximum Gasteiger partial charge on any atom is 0.237 e. The van der Waals surface area contributed by atoms with E-state index in [1.54, 1.807) is 0 Å². The first-order valence-electron chi connectivity index (χ1n) is 6.88. The largest absolute Gasteiger partial charge is 0.353 e. The quantitative estimate of drug-likeness (QED) is 0.885. The van der Waals surface area contributed by atoms with E-state index in [-0.39, 0.29) is 18.0 Å². The van der Waals surface area contributed by atoms with Crippen LogP contribution in [0, 0.1) is 13.8 Å². The predicted octanol–water partition coefficient (Wildman–Crippen LogP) is 2.65. The lowest BCUT2D eigenvalue weighted by Gasteiger charge is -2.25. The van der Waals surface area contributed by atoms with Gasteiger partial charge < -0.3 is 5.32 Å². The fourth-order valence-corrected chi connectivity index (χ4v) is 2.03. The van der Waals surface area contributed by atoms with Gasteiger partial charge in [-0.3, -0.25) is 9.69 Å². The van der Waals surface area contributed by atoms with Crippen molar-refractivity contribution in [2.45, 2.75) is 53.2 Å². The van der Waals surface area contributed by atoms with Crippen LogP contribution in [0.1, 0.15) is 37.5 Å². The molecule has 0 aromatic heterocycles. The monoisotopic (exact) mass is 262 g/mol. The summed E-state index contributed by atoms with van der Waals surface area (Å²) in [5.74, 6) is 0.0854. The Morgan fingerprint density at radius 2 is 1.89 bits per heavy atom. The lowest BCUT2D eigenvalue weighted by Crippen LogP contribution is -2.45. The predicted molar refractivity (Wildman–Crippen MR) is 80.1 cm³/mol. The van der Waals surface area contributed by atoms with Crippen LogP contribution in [-0.4, -0.2) is 29.9 Å². The average molecular weight is 262 g/mol. The van der Waals surface area contributed by atoms with Crippen LogP contribution in [0.15, 0.2) is 18.2 Å². The molecule has 0 heterocycles. The summed E-state index contributed by atoms with van der Waals surface area (Å²) < 4.78 is 0. The summed E-state index contributed by atoms with van der Waals surface area (Å²) >= 11 is 0. The molecule has 0 aliphatic carbocycles. The first-order valence-corrected chi connectivity index (χ1v) is 6.88. The molecule has 0 unspecified atom stereocenters. The number of carbonyl (C=O) groups is 1. The van der Waals surface area contributed by atoms with E-state index in [9.17, 15) is 4.79 Å². The van der Waals surface area contributed by atoms with Crippen molar-refractivity contribution in [3.8, 4) is 0 Å². The second kappa shape index (κ2) is 6.71. The molecule has 1 aromatic rings. The standard InChI is InChI=1S/C16H26N2O/c1-11(2)17-16(19)14(5)18(6)10-15-8-7-12(3)9-13(15)4/h7-9,11,14H,10H2,1-6H3,(H,17,19)/t14-/m0/s1. The van der Waals surface area contributed by atoms with Crippen molar-refractivity contribution in [2.24, 2.45) is 0 Å². The highest BCUT2D eigenvalue weighted by Crippen LogP contribution is 2.13. The van der Waals surface area contributed by atoms with Gasteiger partial charge in [-0.2, -0.15) is 0 Å². The molecule has 1 aromatic carbocycles. The Balaban J connectivity index is 2.68. The zero-order valence-corrected chi connectivity index (χ0v) is 12.9. The number of hydrogen-bond donors (Lipinski definition) is 1. The van der Waals surface area contributed by atoms with Gasteiger partial charge in [-0.05, 0) is 52.8 Å². The van der Waals surface area contributed by atoms with E-state index in [2.05, 4.69) is 42.3 Å². The van der Waals surface area contributed by atoms with Crippen LogP contribution in [0.2, 0.25) is 0 Å². The SMILES string of the molecule is Cc1ccc(CN(C)[C@@H](C)C(=O)NC(C)C)c(C)c1. The molecule has 3 heteroatoms. The number of nitrogens with zero attached hydrogens (tertiary/aromatic N) is 1. The van der Waals surface area contributed by atoms with Gasteiger partial charge in [0, 0.05) is 12.6 Å². The van der Waals surface area contributed by atoms with E-state index in [0.717, 1.165) is 6.54 Å². The zero-order chi connectivity index (χ0) is 14.6. The van der Waals surface area contributed by atoms with Gasteiger partial charge in [-0.25, -0.2) is 0 Å². The first kappa shape index (κ1) is 15.7. The van der Waals surface area contributed by atoms with E-state index in [1.807, 2.05) is 27.8 Å². The molecule has 0 saturated carbocycles. The van der Waals surface area contributed by atoms with E-state index >= 15 is 0 Å². The van der Waals surface area contributed by atoms with Crippen molar-refractivity contribution in [1.29, 1.82) is 0 Å². The molecule has 0 bridgehead atoms. The summed E-state index contributed by atoms with van der Waals surface area (Å²) in [5, 5.41) is 2.95. The Kier molecular flexibility index (Phi) is 5.55. The van der Waals surface area contributed by atoms with Crippen LogP contribution >= 0.6 is 0 Å². The van der Waals surface area contributed by atoms with E-state index < -0.39 is 0 Å². The minimum absolute atomic E-state index is 0.0854. The Morgan fingerprint density at radius 1 is 1.26 bits per heavy atom. The van der Waals surface area contributed by atoms with Crippen molar-refractivity contribution in [1.82, 2.24) is 10.2 Å². The number of carbonyl (C=O) groups excluding carboxylic acids is 1. The Hall–Kier alpha value is -1.35. The third-order valence-corrected chi connectivity index (χ3v) is 3.39. The molecule has 1 N–H and O–H groups in total. The molecule has 0 fully saturated rings. The smallest absolute Gasteiger partial charge is 0.237 e. The molecule has 0 aliphatic heterocycles. The maximum absolute atomic E-state index is 12.0. The second-order valence-corrected chi connectivity index (χ2v) is 5.68. The third kappa shape index (κ3) is 4.67. The van der Waals surface area contributed by atoms with Crippen molar-refractivity contribution >= 4 is 5.91 Å². The van der Waals surface area contributed by atoms with Gasteiger partial charge in [-0.1, -0.05) is 23.8 Å². The summed E-state index contributed by atoms with van der Waals surface area (Å²) in [6, 6.07) is 6.51. The van der Waals surface area contributed by atoms with E-state index in [4.69, 9.17) is 0 Å². The normalized spacial score (nSPS) is 12.8. The number of likely N-dealkylation sites (N-methyl/N-ethyl adjacent to an activating group) is 1. The summed E-state index contributed by atoms with van der Waals surface area (Å²) in [7, 11) is 1.99. The van der Waals surface area contributed by atoms with Crippen LogP contribution in [-0.2, 0) is 11.3 Å². The number of benzene rings is 1. The molecule has 0 saturated heterocycles. The van der Waals surface area contributed by atoms with Crippen LogP contribution < -0.4 is 5.32 Å². The maximum atomic E-state index is 12.0. The van der Waals surface area contributed by atoms with Crippen molar-refractivity contribution in [3.05, 3.63) is 34.9 Å². The van der Waals surface area contributed by atoms with Gasteiger partial charge in [-0.15, -0.1) is 0 Å². The lowest BCUT2D eigenvalue weighted by atomic mass is 10.0. The summed E-state index contributed by atoms with van der Waals surface area (Å²) in [6.07, 6.45) is 0. The number of amides is 1. The molecular formula is C16H26N2O. The highest BCUT2D eigenvalue weighted by Gasteiger charge is 2.18. The highest BCUT2D eigenvalue weighted by molar-refractivity contribution is 5.81. The van der Waals surface area contributed by atoms with Crippen LogP contribution in [0.3, 0.4) is 0 Å². The molecule has 0 spiro atoms. The van der Waals surface area contributed by atoms with Crippen molar-refractivity contribution in [3.63, 3.8) is 0 Å². The van der Waals surface area contributed by atoms with Crippen molar-refractivity contribution in [2.75, 3.05) is 7.05 Å². The number of hydrogen-bond acceptors (Lipinski definition) is 2. The second-order valence-electron chi connectivity index (χ2n) is 5.68. The fourth-order valence-electron chi connectivity index (χ4n) is 2.03. The van der Waals surface area contributed by atoms with Gasteiger partial charge in [0.15, 0.2) is 0 Å². The van der Waals surface area contributed by atoms with Gasteiger partial charge in [0.05, 0.1) is 6.04 Å². The van der Waals surface area contributed by atoms with Crippen molar-refractivity contribution < 1.29 is 4.79 Å². The molecule has 0 aliphatic rings. The fraction of sp³-hybridized carbons (Fsp3) is 0.562. The lowest BCUT2D eigenvalue weighted by molar-refractivity contribution is -0.126. The first-order chi connectivity index (χ1) is 8.81. The van der Waals surface area contributed by atoms with Gasteiger partial charge in [0.25, 0.3) is 0 Å². The summed E-state index contributed by atoms with van der Waals surface area (Å²) in [5.41, 5.74) is 3.83. The minimum Gasteiger partial charge on any atom is -0.353 e. The molecule has 0 radical (unpaired) electrons. The van der Waals surface area contributed by atoms with Crippen LogP contribution in [0.4, 0.5) is 0 Å². The van der Waals surface area contributed by atoms with Crippen LogP contribution in [0.5, 0.6) is 0 Å². The Labute approximate surface area is 117 Å². The molecule has 1 rings (SSSR count). The summed E-state index contributed by atoms with van der Waals surface area (Å²) in [4.78, 5) is 14.1. The third-order valence-electron chi connectivity index (χ3n) is 3.39. The average Bonchev–Trinajstić information content (AvgIpc) is 2.30. The number of aryl methyl sites for hydroxylation is 2. The minimum atomic E-state index is -0.122. The molecular weight excluding hydrogens is 236 g/mol. The molecule has 3 nitrogen and oxygen atoms in total. The van der Waals surface area contributed by atoms with Gasteiger partial charge >= 0.3 is 0 Å². The zero-order valence-electron chi connectivity index (χ0n) is 12.9. The highest BCUT2D eigenvalue weighted by atomic mass is 16.2. The molecule has 1 atom stereocenters. The van der Waals surface area contributed by atoms with Gasteiger partial charge in [0.1, 0.15) is 0 Å². The Morgan fingerprint density at radius 3 is 2.42 bits per heavy atom. The number of rotatable bonds is 5. The Bertz CT molecular complexity index is 440. The van der Waals surface area contributed by atoms with Gasteiger partial charge in [0.2, 0.25) is 5.91 Å². The van der Waals surface area contributed by atoms with E-state index in [1.165, 1.54) is 16.7 Å². The van der Waals surface area contributed by atoms with E-state index in [0.29, 0.717) is 0 Å². The number of nitrogens with one attached hydrogen (secondary N) is 1. The summed E-state index contributed by atoms with van der Waals surface area (Å²) in [6.45, 7) is 10.9. The van der Waals surface area contributed by atoms with Crippen LogP contribution in [0.25, 0.3) is 0 Å². The molecule has 1 amide bonds. The molecule has 106 valence electrons. The molecule has 19 heavy (non-hydrogen) atoms.